The summed E-state index contributed by atoms with van der Waals surface area (Å²) in [4.78, 5) is 22.7. The Hall–Kier alpha value is -1.32. The van der Waals surface area contributed by atoms with E-state index in [4.69, 9.17) is 9.47 Å². The Morgan fingerprint density at radius 3 is 2.36 bits per heavy atom. The average Bonchev–Trinajstić information content (AvgIpc) is 2.27. The fourth-order valence-corrected chi connectivity index (χ4v) is 1.10. The van der Waals surface area contributed by atoms with Crippen molar-refractivity contribution in [2.24, 2.45) is 0 Å². The standard InChI is InChI=1S/C10H14O4/c1-6-8(7(11)5-13-6)9(12)14-10(2,3)4/h5H2,1-4H3. The van der Waals surface area contributed by atoms with E-state index < -0.39 is 11.6 Å². The molecular formula is C10H14O4. The number of allylic oxidation sites excluding steroid dienone is 1. The first-order chi connectivity index (χ1) is 6.31. The summed E-state index contributed by atoms with van der Waals surface area (Å²) in [5.41, 5.74) is -0.548. The van der Waals surface area contributed by atoms with E-state index in [2.05, 4.69) is 0 Å². The van der Waals surface area contributed by atoms with Crippen molar-refractivity contribution in [3.05, 3.63) is 11.3 Å². The monoisotopic (exact) mass is 198 g/mol. The van der Waals surface area contributed by atoms with Crippen molar-refractivity contribution in [2.75, 3.05) is 6.61 Å². The third kappa shape index (κ3) is 2.34. The highest BCUT2D eigenvalue weighted by atomic mass is 16.6. The maximum Gasteiger partial charge on any atom is 0.345 e. The third-order valence-corrected chi connectivity index (χ3v) is 1.65. The molecule has 0 spiro atoms. The van der Waals surface area contributed by atoms with Gasteiger partial charge >= 0.3 is 5.97 Å². The Morgan fingerprint density at radius 1 is 1.43 bits per heavy atom. The Kier molecular flexibility index (Phi) is 2.64. The Morgan fingerprint density at radius 2 is 2.00 bits per heavy atom. The largest absolute Gasteiger partial charge is 0.489 e. The minimum Gasteiger partial charge on any atom is -0.489 e. The molecule has 0 saturated heterocycles. The van der Waals surface area contributed by atoms with E-state index in [1.807, 2.05) is 0 Å². The van der Waals surface area contributed by atoms with Crippen LogP contribution >= 0.6 is 0 Å². The molecule has 0 fully saturated rings. The lowest BCUT2D eigenvalue weighted by Crippen LogP contribution is -2.26. The van der Waals surface area contributed by atoms with Crippen LogP contribution in [0.4, 0.5) is 0 Å². The number of ether oxygens (including phenoxy) is 2. The number of carbonyl (C=O) groups is 2. The minimum atomic E-state index is -0.600. The molecule has 78 valence electrons. The lowest BCUT2D eigenvalue weighted by molar-refractivity contribution is -0.150. The summed E-state index contributed by atoms with van der Waals surface area (Å²) in [6.07, 6.45) is 0. The molecule has 1 aliphatic heterocycles. The van der Waals surface area contributed by atoms with Crippen LogP contribution in [0.1, 0.15) is 27.7 Å². The summed E-state index contributed by atoms with van der Waals surface area (Å²) >= 11 is 0. The van der Waals surface area contributed by atoms with Gasteiger partial charge in [-0.15, -0.1) is 0 Å². The lowest BCUT2D eigenvalue weighted by Gasteiger charge is -2.19. The lowest BCUT2D eigenvalue weighted by atomic mass is 10.1. The first kappa shape index (κ1) is 10.8. The normalized spacial score (nSPS) is 17.0. The number of rotatable bonds is 1. The topological polar surface area (TPSA) is 52.6 Å². The molecule has 14 heavy (non-hydrogen) atoms. The Bertz CT molecular complexity index is 307. The first-order valence-corrected chi connectivity index (χ1v) is 4.41. The molecular weight excluding hydrogens is 184 g/mol. The molecule has 1 heterocycles. The van der Waals surface area contributed by atoms with Gasteiger partial charge in [-0.25, -0.2) is 4.79 Å². The van der Waals surface area contributed by atoms with E-state index in [0.29, 0.717) is 5.76 Å². The zero-order chi connectivity index (χ0) is 10.9. The van der Waals surface area contributed by atoms with Gasteiger partial charge in [0.25, 0.3) is 0 Å². The summed E-state index contributed by atoms with van der Waals surface area (Å²) in [6.45, 7) is 6.79. The number of hydrogen-bond donors (Lipinski definition) is 0. The second-order valence-electron chi connectivity index (χ2n) is 4.14. The SMILES string of the molecule is CC1=C(C(=O)OC(C)(C)C)C(=O)CO1. The van der Waals surface area contributed by atoms with Crippen molar-refractivity contribution in [3.8, 4) is 0 Å². The fourth-order valence-electron chi connectivity index (χ4n) is 1.10. The van der Waals surface area contributed by atoms with Crippen LogP contribution in [0.5, 0.6) is 0 Å². The smallest absolute Gasteiger partial charge is 0.345 e. The molecule has 0 amide bonds. The van der Waals surface area contributed by atoms with Crippen molar-refractivity contribution in [1.29, 1.82) is 0 Å². The molecule has 0 atom stereocenters. The van der Waals surface area contributed by atoms with E-state index in [1.165, 1.54) is 0 Å². The fraction of sp³-hybridized carbons (Fsp3) is 0.600. The zero-order valence-electron chi connectivity index (χ0n) is 8.84. The molecule has 0 aromatic rings. The molecule has 0 N–H and O–H groups in total. The maximum atomic E-state index is 11.5. The average molecular weight is 198 g/mol. The number of carbonyl (C=O) groups excluding carboxylic acids is 2. The molecule has 4 heteroatoms. The van der Waals surface area contributed by atoms with Crippen LogP contribution in [0.15, 0.2) is 11.3 Å². The van der Waals surface area contributed by atoms with Gasteiger partial charge < -0.3 is 9.47 Å². The third-order valence-electron chi connectivity index (χ3n) is 1.65. The highest BCUT2D eigenvalue weighted by Gasteiger charge is 2.31. The van der Waals surface area contributed by atoms with Crippen LogP contribution < -0.4 is 0 Å². The van der Waals surface area contributed by atoms with Gasteiger partial charge in [0.2, 0.25) is 5.78 Å². The van der Waals surface area contributed by atoms with E-state index in [9.17, 15) is 9.59 Å². The van der Waals surface area contributed by atoms with Crippen LogP contribution in [0.25, 0.3) is 0 Å². The molecule has 0 aromatic heterocycles. The van der Waals surface area contributed by atoms with Gasteiger partial charge in [0.05, 0.1) is 0 Å². The zero-order valence-corrected chi connectivity index (χ0v) is 8.84. The summed E-state index contributed by atoms with van der Waals surface area (Å²) in [6, 6.07) is 0. The van der Waals surface area contributed by atoms with Gasteiger partial charge in [0.1, 0.15) is 16.9 Å². The second-order valence-corrected chi connectivity index (χ2v) is 4.14. The van der Waals surface area contributed by atoms with Crippen molar-refractivity contribution >= 4 is 11.8 Å². The van der Waals surface area contributed by atoms with Crippen LogP contribution in [0.3, 0.4) is 0 Å². The number of ketones is 1. The molecule has 0 aliphatic carbocycles. The maximum absolute atomic E-state index is 11.5. The van der Waals surface area contributed by atoms with Crippen molar-refractivity contribution in [2.45, 2.75) is 33.3 Å². The molecule has 1 aliphatic rings. The molecule has 0 saturated carbocycles. The predicted molar refractivity (Wildman–Crippen MR) is 49.5 cm³/mol. The predicted octanol–water partition coefficient (Wildman–Crippen LogP) is 1.20. The molecule has 0 aromatic carbocycles. The molecule has 0 bridgehead atoms. The van der Waals surface area contributed by atoms with Crippen LogP contribution in [-0.4, -0.2) is 24.0 Å². The summed E-state index contributed by atoms with van der Waals surface area (Å²) in [5, 5.41) is 0. The quantitative estimate of drug-likeness (QED) is 0.469. The molecule has 0 radical (unpaired) electrons. The van der Waals surface area contributed by atoms with Gasteiger partial charge in [0.15, 0.2) is 6.61 Å². The molecule has 0 unspecified atom stereocenters. The highest BCUT2D eigenvalue weighted by Crippen LogP contribution is 2.19. The second kappa shape index (κ2) is 3.44. The van der Waals surface area contributed by atoms with Crippen LogP contribution in [0, 0.1) is 0 Å². The Labute approximate surface area is 82.9 Å². The van der Waals surface area contributed by atoms with Gasteiger partial charge in [-0.3, -0.25) is 4.79 Å². The van der Waals surface area contributed by atoms with Crippen molar-refractivity contribution < 1.29 is 19.1 Å². The Balaban J connectivity index is 2.80. The number of hydrogen-bond acceptors (Lipinski definition) is 4. The molecule has 1 rings (SSSR count). The van der Waals surface area contributed by atoms with Gasteiger partial charge in [-0.2, -0.15) is 0 Å². The number of esters is 1. The minimum absolute atomic E-state index is 0.0416. The number of Topliss-reactive ketones (excluding diaryl/α,β-unsaturated/α-hetero) is 1. The molecule has 4 nitrogen and oxygen atoms in total. The summed E-state index contributed by atoms with van der Waals surface area (Å²) in [7, 11) is 0. The van der Waals surface area contributed by atoms with Crippen LogP contribution in [-0.2, 0) is 19.1 Å². The van der Waals surface area contributed by atoms with Crippen molar-refractivity contribution in [3.63, 3.8) is 0 Å². The highest BCUT2D eigenvalue weighted by molar-refractivity contribution is 6.19. The van der Waals surface area contributed by atoms with Gasteiger partial charge in [0, 0.05) is 0 Å². The summed E-state index contributed by atoms with van der Waals surface area (Å²) < 4.78 is 10.0. The van der Waals surface area contributed by atoms with E-state index in [1.54, 1.807) is 27.7 Å². The van der Waals surface area contributed by atoms with Gasteiger partial charge in [-0.05, 0) is 27.7 Å². The van der Waals surface area contributed by atoms with Gasteiger partial charge in [-0.1, -0.05) is 0 Å². The van der Waals surface area contributed by atoms with E-state index in [-0.39, 0.29) is 18.0 Å². The first-order valence-electron chi connectivity index (χ1n) is 4.41. The van der Waals surface area contributed by atoms with Crippen LogP contribution in [0.2, 0.25) is 0 Å². The van der Waals surface area contributed by atoms with E-state index in [0.717, 1.165) is 0 Å². The van der Waals surface area contributed by atoms with Crippen molar-refractivity contribution in [1.82, 2.24) is 0 Å². The van der Waals surface area contributed by atoms with E-state index >= 15 is 0 Å². The summed E-state index contributed by atoms with van der Waals surface area (Å²) in [5.74, 6) is -0.557.